The monoisotopic (exact) mass is 493 g/mol. The lowest BCUT2D eigenvalue weighted by atomic mass is 10.1. The highest BCUT2D eigenvalue weighted by atomic mass is 127. The smallest absolute Gasteiger partial charge is 0.221 e. The van der Waals surface area contributed by atoms with Gasteiger partial charge in [-0.25, -0.2) is 9.67 Å². The van der Waals surface area contributed by atoms with Crippen molar-refractivity contribution < 1.29 is 9.53 Å². The highest BCUT2D eigenvalue weighted by Gasteiger charge is 2.22. The minimum Gasteiger partial charge on any atom is -0.377 e. The van der Waals surface area contributed by atoms with E-state index in [1.54, 1.807) is 7.11 Å². The lowest BCUT2D eigenvalue weighted by Gasteiger charge is -2.25. The topological polar surface area (TPSA) is 105 Å². The van der Waals surface area contributed by atoms with Gasteiger partial charge in [-0.2, -0.15) is 5.10 Å². The maximum atomic E-state index is 11.7. The first-order valence-electron chi connectivity index (χ1n) is 9.39. The predicted octanol–water partition coefficient (Wildman–Crippen LogP) is 0.829. The lowest BCUT2D eigenvalue weighted by molar-refractivity contribution is -0.120. The van der Waals surface area contributed by atoms with Crippen LogP contribution >= 0.6 is 24.0 Å². The quantitative estimate of drug-likeness (QED) is 0.268. The molecule has 0 radical (unpaired) electrons. The van der Waals surface area contributed by atoms with Gasteiger partial charge >= 0.3 is 0 Å². The number of carbonyl (C=O) groups excluding carboxylic acids is 1. The second kappa shape index (κ2) is 12.9. The van der Waals surface area contributed by atoms with Crippen LogP contribution in [0.15, 0.2) is 4.99 Å². The number of nitrogens with zero attached hydrogens (tertiary/aromatic N) is 4. The maximum Gasteiger partial charge on any atom is 0.221 e. The summed E-state index contributed by atoms with van der Waals surface area (Å²) < 4.78 is 7.04. The second-order valence-electron chi connectivity index (χ2n) is 6.30. The number of hydrogen-bond acceptors (Lipinski definition) is 5. The zero-order valence-electron chi connectivity index (χ0n) is 16.5. The molecular formula is C17H32IN7O2. The molecular weight excluding hydrogens is 461 g/mol. The number of halogens is 1. The Morgan fingerprint density at radius 1 is 1.37 bits per heavy atom. The second-order valence-corrected chi connectivity index (χ2v) is 6.30. The van der Waals surface area contributed by atoms with Gasteiger partial charge in [0.05, 0.1) is 13.1 Å². The largest absolute Gasteiger partial charge is 0.377 e. The Labute approximate surface area is 178 Å². The Morgan fingerprint density at radius 3 is 2.89 bits per heavy atom. The summed E-state index contributed by atoms with van der Waals surface area (Å²) in [6.07, 6.45) is 3.17. The average molecular weight is 493 g/mol. The van der Waals surface area contributed by atoms with Crippen molar-refractivity contribution in [2.75, 3.05) is 26.7 Å². The fraction of sp³-hybridized carbons (Fsp3) is 0.765. The van der Waals surface area contributed by atoms with Gasteiger partial charge < -0.3 is 20.7 Å². The minimum absolute atomic E-state index is 0. The molecule has 154 valence electrons. The van der Waals surface area contributed by atoms with Crippen LogP contribution in [0, 0.1) is 0 Å². The zero-order valence-corrected chi connectivity index (χ0v) is 18.8. The molecule has 2 rings (SSSR count). The number of ether oxygens (including phenoxy) is 1. The molecule has 9 nitrogen and oxygen atoms in total. The molecule has 1 atom stereocenters. The van der Waals surface area contributed by atoms with Crippen LogP contribution < -0.4 is 16.0 Å². The van der Waals surface area contributed by atoms with E-state index in [9.17, 15) is 4.79 Å². The summed E-state index contributed by atoms with van der Waals surface area (Å²) in [6.45, 7) is 7.19. The number of nitrogens with one attached hydrogen (secondary N) is 3. The molecule has 0 aromatic carbocycles. The number of aryl methyl sites for hydroxylation is 1. The average Bonchev–Trinajstić information content (AvgIpc) is 3.02. The van der Waals surface area contributed by atoms with Crippen LogP contribution in [0.1, 0.15) is 44.8 Å². The van der Waals surface area contributed by atoms with E-state index >= 15 is 0 Å². The molecule has 0 bridgehead atoms. The summed E-state index contributed by atoms with van der Waals surface area (Å²) in [5, 5.41) is 14.0. The fourth-order valence-corrected chi connectivity index (χ4v) is 2.80. The molecule has 1 aliphatic heterocycles. The molecule has 0 saturated carbocycles. The Kier molecular flexibility index (Phi) is 11.3. The molecule has 3 N–H and O–H groups in total. The van der Waals surface area contributed by atoms with Gasteiger partial charge in [-0.1, -0.05) is 6.92 Å². The number of guanidine groups is 1. The molecule has 1 amide bonds. The maximum absolute atomic E-state index is 11.7. The van der Waals surface area contributed by atoms with Crippen LogP contribution in [0.5, 0.6) is 0 Å². The minimum atomic E-state index is 0. The highest BCUT2D eigenvalue weighted by Crippen LogP contribution is 2.13. The van der Waals surface area contributed by atoms with Gasteiger partial charge in [0.2, 0.25) is 5.91 Å². The van der Waals surface area contributed by atoms with Gasteiger partial charge in [0.1, 0.15) is 12.4 Å². The molecule has 0 spiro atoms. The molecule has 1 aliphatic rings. The number of amides is 1. The first kappa shape index (κ1) is 23.6. The van der Waals surface area contributed by atoms with Crippen molar-refractivity contribution in [3.8, 4) is 0 Å². The van der Waals surface area contributed by atoms with E-state index in [4.69, 9.17) is 4.74 Å². The van der Waals surface area contributed by atoms with E-state index in [0.29, 0.717) is 26.1 Å². The van der Waals surface area contributed by atoms with E-state index in [1.807, 2.05) is 18.5 Å². The SMILES string of the molecule is CCCNC(=O)CCN=C(NCC)NC1CCc2nc(COC)nn2C1.I. The molecule has 0 aliphatic carbocycles. The Balaban J connectivity index is 0.00000364. The van der Waals surface area contributed by atoms with Gasteiger partial charge in [0.15, 0.2) is 11.8 Å². The molecule has 1 unspecified atom stereocenters. The molecule has 2 heterocycles. The number of aliphatic imine (C=N–C) groups is 1. The third-order valence-corrected chi connectivity index (χ3v) is 4.04. The van der Waals surface area contributed by atoms with Crippen LogP contribution in [0.25, 0.3) is 0 Å². The van der Waals surface area contributed by atoms with Crippen LogP contribution in [0.4, 0.5) is 0 Å². The zero-order chi connectivity index (χ0) is 18.8. The van der Waals surface area contributed by atoms with Gasteiger partial charge in [0.25, 0.3) is 0 Å². The number of fused-ring (bicyclic) bond motifs is 1. The van der Waals surface area contributed by atoms with Crippen molar-refractivity contribution in [1.29, 1.82) is 0 Å². The number of carbonyl (C=O) groups is 1. The van der Waals surface area contributed by atoms with E-state index in [-0.39, 0.29) is 35.9 Å². The van der Waals surface area contributed by atoms with Gasteiger partial charge in [-0.3, -0.25) is 9.79 Å². The Hall–Kier alpha value is -1.43. The summed E-state index contributed by atoms with van der Waals surface area (Å²) in [5.74, 6) is 2.51. The predicted molar refractivity (Wildman–Crippen MR) is 115 cm³/mol. The molecule has 1 aromatic heterocycles. The van der Waals surface area contributed by atoms with Crippen LogP contribution in [-0.2, 0) is 29.1 Å². The summed E-state index contributed by atoms with van der Waals surface area (Å²) >= 11 is 0. The molecule has 10 heteroatoms. The fourth-order valence-electron chi connectivity index (χ4n) is 2.80. The van der Waals surface area contributed by atoms with Crippen molar-refractivity contribution in [3.05, 3.63) is 11.6 Å². The van der Waals surface area contributed by atoms with Crippen LogP contribution in [0.3, 0.4) is 0 Å². The summed E-state index contributed by atoms with van der Waals surface area (Å²) in [4.78, 5) is 20.7. The lowest BCUT2D eigenvalue weighted by Crippen LogP contribution is -2.47. The number of hydrogen-bond donors (Lipinski definition) is 3. The molecule has 27 heavy (non-hydrogen) atoms. The van der Waals surface area contributed by atoms with Gasteiger partial charge in [-0.05, 0) is 19.8 Å². The standard InChI is InChI=1S/C17H31N7O2.HI/c1-4-9-19-16(25)8-10-20-17(18-5-2)21-13-6-7-15-22-14(12-26-3)23-24(15)11-13;/h13H,4-12H2,1-3H3,(H,19,25)(H2,18,20,21);1H. The third-order valence-electron chi connectivity index (χ3n) is 4.04. The number of rotatable bonds is 9. The molecule has 1 aromatic rings. The van der Waals surface area contributed by atoms with Crippen molar-refractivity contribution in [2.45, 2.75) is 58.7 Å². The Bertz CT molecular complexity index is 606. The van der Waals surface area contributed by atoms with Crippen molar-refractivity contribution in [2.24, 2.45) is 4.99 Å². The first-order chi connectivity index (χ1) is 12.7. The molecule has 0 fully saturated rings. The highest BCUT2D eigenvalue weighted by molar-refractivity contribution is 14.0. The van der Waals surface area contributed by atoms with Crippen LogP contribution in [0.2, 0.25) is 0 Å². The first-order valence-corrected chi connectivity index (χ1v) is 9.39. The Morgan fingerprint density at radius 2 is 2.19 bits per heavy atom. The summed E-state index contributed by atoms with van der Waals surface area (Å²) in [5.41, 5.74) is 0. The summed E-state index contributed by atoms with van der Waals surface area (Å²) in [7, 11) is 1.64. The molecule has 0 saturated heterocycles. The van der Waals surface area contributed by atoms with E-state index in [1.165, 1.54) is 0 Å². The normalized spacial score (nSPS) is 16.3. The van der Waals surface area contributed by atoms with Gasteiger partial charge in [0, 0.05) is 39.1 Å². The van der Waals surface area contributed by atoms with Crippen molar-refractivity contribution >= 4 is 35.8 Å². The van der Waals surface area contributed by atoms with E-state index in [2.05, 4.69) is 31.0 Å². The van der Waals surface area contributed by atoms with Crippen molar-refractivity contribution in [1.82, 2.24) is 30.7 Å². The van der Waals surface area contributed by atoms with Crippen molar-refractivity contribution in [3.63, 3.8) is 0 Å². The summed E-state index contributed by atoms with van der Waals surface area (Å²) in [6, 6.07) is 0.228. The number of methoxy groups -OCH3 is 1. The number of aromatic nitrogens is 3. The van der Waals surface area contributed by atoms with Gasteiger partial charge in [-0.15, -0.1) is 24.0 Å². The van der Waals surface area contributed by atoms with E-state index in [0.717, 1.165) is 50.0 Å². The van der Waals surface area contributed by atoms with Crippen LogP contribution in [-0.4, -0.2) is 59.4 Å². The van der Waals surface area contributed by atoms with E-state index < -0.39 is 0 Å². The third kappa shape index (κ3) is 7.99.